The molecule has 0 atom stereocenters. The quantitative estimate of drug-likeness (QED) is 0.891. The van der Waals surface area contributed by atoms with Gasteiger partial charge in [0.05, 0.1) is 7.11 Å². The first-order valence-electron chi connectivity index (χ1n) is 6.95. The number of nitrogens with zero attached hydrogens (tertiary/aromatic N) is 1. The average Bonchev–Trinajstić information content (AvgIpc) is 2.48. The number of rotatable bonds is 3. The Balaban J connectivity index is 1.92. The number of benzene rings is 1. The molecule has 1 heterocycles. The minimum Gasteiger partial charge on any atom is -0.497 e. The van der Waals surface area contributed by atoms with E-state index in [1.165, 1.54) is 0 Å². The predicted molar refractivity (Wildman–Crippen MR) is 80.3 cm³/mol. The monoisotopic (exact) mass is 277 g/mol. The molecule has 5 nitrogen and oxygen atoms in total. The van der Waals surface area contributed by atoms with Crippen molar-refractivity contribution in [3.05, 3.63) is 24.3 Å². The van der Waals surface area contributed by atoms with E-state index < -0.39 is 0 Å². The van der Waals surface area contributed by atoms with E-state index in [4.69, 9.17) is 4.74 Å². The van der Waals surface area contributed by atoms with E-state index in [2.05, 4.69) is 17.6 Å². The van der Waals surface area contributed by atoms with Crippen LogP contribution in [0, 0.1) is 0 Å². The summed E-state index contributed by atoms with van der Waals surface area (Å²) >= 11 is 0. The Labute approximate surface area is 120 Å². The number of carbonyl (C=O) groups excluding carboxylic acids is 1. The molecular weight excluding hydrogens is 254 g/mol. The van der Waals surface area contributed by atoms with Gasteiger partial charge >= 0.3 is 6.03 Å². The summed E-state index contributed by atoms with van der Waals surface area (Å²) in [5.41, 5.74) is 0.906. The molecule has 5 heteroatoms. The standard InChI is InChI=1S/C15H23N3O2/c1-15(16-2)7-9-18(10-8-15)14(19)17-12-5-4-6-13(11-12)20-3/h4-6,11,16H,7-10H2,1-3H3,(H,17,19). The minimum absolute atomic E-state index is 0.0450. The molecule has 0 aromatic heterocycles. The number of ether oxygens (including phenoxy) is 1. The molecule has 1 aromatic rings. The molecule has 1 aliphatic rings. The van der Waals surface area contributed by atoms with Gasteiger partial charge in [-0.2, -0.15) is 0 Å². The summed E-state index contributed by atoms with van der Waals surface area (Å²) in [6.45, 7) is 3.74. The number of piperidine rings is 1. The second-order valence-corrected chi connectivity index (χ2v) is 5.46. The van der Waals surface area contributed by atoms with Gasteiger partial charge in [0, 0.05) is 30.4 Å². The maximum absolute atomic E-state index is 12.2. The van der Waals surface area contributed by atoms with Crippen molar-refractivity contribution in [2.24, 2.45) is 0 Å². The molecule has 2 N–H and O–H groups in total. The van der Waals surface area contributed by atoms with E-state index in [-0.39, 0.29) is 11.6 Å². The average molecular weight is 277 g/mol. The number of methoxy groups -OCH3 is 1. The van der Waals surface area contributed by atoms with Gasteiger partial charge in [-0.25, -0.2) is 4.79 Å². The fourth-order valence-corrected chi connectivity index (χ4v) is 2.36. The molecule has 0 unspecified atom stereocenters. The second kappa shape index (κ2) is 6.13. The lowest BCUT2D eigenvalue weighted by molar-refractivity contribution is 0.163. The van der Waals surface area contributed by atoms with Crippen LogP contribution in [0.1, 0.15) is 19.8 Å². The smallest absolute Gasteiger partial charge is 0.321 e. The predicted octanol–water partition coefficient (Wildman–Crippen LogP) is 2.30. The molecule has 110 valence electrons. The lowest BCUT2D eigenvalue weighted by Crippen LogP contribution is -2.52. The summed E-state index contributed by atoms with van der Waals surface area (Å²) in [6, 6.07) is 7.36. The zero-order valence-corrected chi connectivity index (χ0v) is 12.4. The third-order valence-corrected chi connectivity index (χ3v) is 4.08. The van der Waals surface area contributed by atoms with Crippen molar-refractivity contribution in [1.29, 1.82) is 0 Å². The van der Waals surface area contributed by atoms with Crippen molar-refractivity contribution in [3.63, 3.8) is 0 Å². The van der Waals surface area contributed by atoms with Crippen molar-refractivity contribution in [3.8, 4) is 5.75 Å². The molecule has 2 rings (SSSR count). The van der Waals surface area contributed by atoms with E-state index in [1.54, 1.807) is 7.11 Å². The topological polar surface area (TPSA) is 53.6 Å². The van der Waals surface area contributed by atoms with E-state index in [1.807, 2.05) is 36.2 Å². The molecule has 1 aliphatic heterocycles. The van der Waals surface area contributed by atoms with Gasteiger partial charge in [0.15, 0.2) is 0 Å². The summed E-state index contributed by atoms with van der Waals surface area (Å²) in [4.78, 5) is 14.1. The van der Waals surface area contributed by atoms with Crippen LogP contribution in [0.3, 0.4) is 0 Å². The van der Waals surface area contributed by atoms with Gasteiger partial charge in [-0.15, -0.1) is 0 Å². The van der Waals surface area contributed by atoms with E-state index in [0.29, 0.717) is 0 Å². The van der Waals surface area contributed by atoms with Gasteiger partial charge in [-0.05, 0) is 38.9 Å². The molecular formula is C15H23N3O2. The first-order chi connectivity index (χ1) is 9.56. The number of amides is 2. The summed E-state index contributed by atoms with van der Waals surface area (Å²) in [7, 11) is 3.59. The van der Waals surface area contributed by atoms with Crippen LogP contribution in [0.4, 0.5) is 10.5 Å². The first-order valence-corrected chi connectivity index (χ1v) is 6.95. The van der Waals surface area contributed by atoms with Crippen LogP contribution in [0.2, 0.25) is 0 Å². The third kappa shape index (κ3) is 3.42. The normalized spacial score (nSPS) is 17.6. The van der Waals surface area contributed by atoms with Crippen LogP contribution in [0.15, 0.2) is 24.3 Å². The van der Waals surface area contributed by atoms with Gasteiger partial charge in [-0.1, -0.05) is 6.07 Å². The second-order valence-electron chi connectivity index (χ2n) is 5.46. The van der Waals surface area contributed by atoms with Gasteiger partial charge in [0.25, 0.3) is 0 Å². The lowest BCUT2D eigenvalue weighted by Gasteiger charge is -2.39. The van der Waals surface area contributed by atoms with E-state index >= 15 is 0 Å². The molecule has 0 spiro atoms. The van der Waals surface area contributed by atoms with Crippen LogP contribution in [-0.4, -0.2) is 43.7 Å². The number of anilines is 1. The van der Waals surface area contributed by atoms with Gasteiger partial charge in [-0.3, -0.25) is 0 Å². The van der Waals surface area contributed by atoms with E-state index in [0.717, 1.165) is 37.4 Å². The highest BCUT2D eigenvalue weighted by Gasteiger charge is 2.30. The number of urea groups is 1. The fraction of sp³-hybridized carbons (Fsp3) is 0.533. The van der Waals surface area contributed by atoms with Crippen LogP contribution in [0.5, 0.6) is 5.75 Å². The molecule has 0 aliphatic carbocycles. The molecule has 1 aromatic carbocycles. The first kappa shape index (κ1) is 14.7. The van der Waals surface area contributed by atoms with Gasteiger partial charge in [0.2, 0.25) is 0 Å². The Hall–Kier alpha value is -1.75. The fourth-order valence-electron chi connectivity index (χ4n) is 2.36. The Morgan fingerprint density at radius 3 is 2.65 bits per heavy atom. The molecule has 1 saturated heterocycles. The van der Waals surface area contributed by atoms with Crippen LogP contribution in [0.25, 0.3) is 0 Å². The van der Waals surface area contributed by atoms with Crippen LogP contribution < -0.4 is 15.4 Å². The molecule has 0 radical (unpaired) electrons. The summed E-state index contributed by atoms with van der Waals surface area (Å²) < 4.78 is 5.15. The summed E-state index contributed by atoms with van der Waals surface area (Å²) in [5, 5.41) is 6.25. The Morgan fingerprint density at radius 1 is 1.35 bits per heavy atom. The SMILES string of the molecule is CNC1(C)CCN(C(=O)Nc2cccc(OC)c2)CC1. The van der Waals surface area contributed by atoms with Gasteiger partial charge in [0.1, 0.15) is 5.75 Å². The maximum Gasteiger partial charge on any atom is 0.321 e. The minimum atomic E-state index is -0.0450. The largest absolute Gasteiger partial charge is 0.497 e. The number of hydrogen-bond donors (Lipinski definition) is 2. The Bertz CT molecular complexity index is 468. The number of nitrogens with one attached hydrogen (secondary N) is 2. The zero-order chi connectivity index (χ0) is 14.6. The third-order valence-electron chi connectivity index (χ3n) is 4.08. The lowest BCUT2D eigenvalue weighted by atomic mass is 9.90. The molecule has 2 amide bonds. The number of likely N-dealkylation sites (tertiary alicyclic amines) is 1. The summed E-state index contributed by atoms with van der Waals surface area (Å²) in [6.07, 6.45) is 1.93. The summed E-state index contributed by atoms with van der Waals surface area (Å²) in [5.74, 6) is 0.740. The van der Waals surface area contributed by atoms with Crippen molar-refractivity contribution < 1.29 is 9.53 Å². The highest BCUT2D eigenvalue weighted by molar-refractivity contribution is 5.89. The van der Waals surface area contributed by atoms with Crippen molar-refractivity contribution >= 4 is 11.7 Å². The Morgan fingerprint density at radius 2 is 2.05 bits per heavy atom. The van der Waals surface area contributed by atoms with Crippen molar-refractivity contribution in [2.45, 2.75) is 25.3 Å². The number of hydrogen-bond acceptors (Lipinski definition) is 3. The van der Waals surface area contributed by atoms with Crippen LogP contribution >= 0.6 is 0 Å². The molecule has 0 bridgehead atoms. The maximum atomic E-state index is 12.2. The number of carbonyl (C=O) groups is 1. The van der Waals surface area contributed by atoms with Crippen molar-refractivity contribution in [1.82, 2.24) is 10.2 Å². The molecule has 0 saturated carbocycles. The van der Waals surface area contributed by atoms with E-state index in [9.17, 15) is 4.79 Å². The molecule has 20 heavy (non-hydrogen) atoms. The highest BCUT2D eigenvalue weighted by Crippen LogP contribution is 2.22. The zero-order valence-electron chi connectivity index (χ0n) is 12.4. The molecule has 1 fully saturated rings. The Kier molecular flexibility index (Phi) is 4.49. The highest BCUT2D eigenvalue weighted by atomic mass is 16.5. The van der Waals surface area contributed by atoms with Crippen molar-refractivity contribution in [2.75, 3.05) is 32.6 Å². The van der Waals surface area contributed by atoms with Crippen LogP contribution in [-0.2, 0) is 0 Å². The van der Waals surface area contributed by atoms with Gasteiger partial charge < -0.3 is 20.3 Å².